The normalized spacial score (nSPS) is 15.8. The quantitative estimate of drug-likeness (QED) is 0.902. The van der Waals surface area contributed by atoms with Crippen LogP contribution in [0.2, 0.25) is 0 Å². The van der Waals surface area contributed by atoms with Crippen LogP contribution in [-0.4, -0.2) is 36.7 Å². The smallest absolute Gasteiger partial charge is 0.317 e. The topological polar surface area (TPSA) is 50.8 Å². The molecule has 1 N–H and O–H groups in total. The van der Waals surface area contributed by atoms with Gasteiger partial charge in [-0.15, -0.1) is 11.3 Å². The number of nitrogens with one attached hydrogen (secondary N) is 1. The van der Waals surface area contributed by atoms with Crippen LogP contribution in [0.1, 0.15) is 17.4 Å². The average Bonchev–Trinajstić information content (AvgIpc) is 3.02. The summed E-state index contributed by atoms with van der Waals surface area (Å²) in [6, 6.07) is 9.59. The molecule has 6 heteroatoms. The number of amides is 2. The number of benzene rings is 1. The number of hydrogen-bond donors (Lipinski definition) is 1. The van der Waals surface area contributed by atoms with Crippen molar-refractivity contribution in [2.45, 2.75) is 26.5 Å². The molecule has 0 saturated carbocycles. The van der Waals surface area contributed by atoms with Crippen molar-refractivity contribution in [3.05, 3.63) is 46.2 Å². The SMILES string of the molecule is CCN(C[C@H]1COc2ccccc2O1)C(=O)NCc1sccc1C. The minimum Gasteiger partial charge on any atom is -0.486 e. The van der Waals surface area contributed by atoms with E-state index in [4.69, 9.17) is 9.47 Å². The van der Waals surface area contributed by atoms with Gasteiger partial charge in [-0.2, -0.15) is 0 Å². The van der Waals surface area contributed by atoms with Crippen LogP contribution in [0.4, 0.5) is 4.79 Å². The van der Waals surface area contributed by atoms with Crippen LogP contribution in [0, 0.1) is 6.92 Å². The first-order chi connectivity index (χ1) is 11.7. The molecule has 0 radical (unpaired) electrons. The fourth-order valence-corrected chi connectivity index (χ4v) is 3.45. The van der Waals surface area contributed by atoms with Crippen molar-refractivity contribution in [3.8, 4) is 11.5 Å². The van der Waals surface area contributed by atoms with E-state index >= 15 is 0 Å². The lowest BCUT2D eigenvalue weighted by Crippen LogP contribution is -2.47. The van der Waals surface area contributed by atoms with Crippen LogP contribution < -0.4 is 14.8 Å². The maximum Gasteiger partial charge on any atom is 0.317 e. The van der Waals surface area contributed by atoms with Crippen molar-refractivity contribution < 1.29 is 14.3 Å². The molecule has 2 heterocycles. The van der Waals surface area contributed by atoms with Crippen LogP contribution in [0.5, 0.6) is 11.5 Å². The number of para-hydroxylation sites is 2. The van der Waals surface area contributed by atoms with Crippen molar-refractivity contribution in [2.24, 2.45) is 0 Å². The predicted octanol–water partition coefficient (Wildman–Crippen LogP) is 3.43. The lowest BCUT2D eigenvalue weighted by Gasteiger charge is -2.30. The number of urea groups is 1. The van der Waals surface area contributed by atoms with Gasteiger partial charge in [-0.3, -0.25) is 0 Å². The van der Waals surface area contributed by atoms with E-state index in [1.54, 1.807) is 16.2 Å². The molecule has 5 nitrogen and oxygen atoms in total. The molecule has 3 rings (SSSR count). The van der Waals surface area contributed by atoms with Crippen molar-refractivity contribution in [2.75, 3.05) is 19.7 Å². The minimum absolute atomic E-state index is 0.0761. The van der Waals surface area contributed by atoms with E-state index in [0.717, 1.165) is 11.5 Å². The Morgan fingerprint density at radius 1 is 1.33 bits per heavy atom. The predicted molar refractivity (Wildman–Crippen MR) is 94.9 cm³/mol. The number of ether oxygens (including phenoxy) is 2. The summed E-state index contributed by atoms with van der Waals surface area (Å²) in [5.41, 5.74) is 1.21. The molecule has 128 valence electrons. The molecule has 1 aliphatic heterocycles. The molecular weight excluding hydrogens is 324 g/mol. The number of carbonyl (C=O) groups is 1. The number of thiophene rings is 1. The van der Waals surface area contributed by atoms with Crippen molar-refractivity contribution in [3.63, 3.8) is 0 Å². The molecule has 1 atom stereocenters. The highest BCUT2D eigenvalue weighted by Gasteiger charge is 2.24. The molecule has 0 aliphatic carbocycles. The molecular formula is C18H22N2O3S. The molecule has 24 heavy (non-hydrogen) atoms. The van der Waals surface area contributed by atoms with E-state index in [0.29, 0.717) is 26.2 Å². The van der Waals surface area contributed by atoms with Gasteiger partial charge in [0.2, 0.25) is 0 Å². The van der Waals surface area contributed by atoms with Crippen LogP contribution in [-0.2, 0) is 6.54 Å². The second kappa shape index (κ2) is 7.57. The standard InChI is InChI=1S/C18H22N2O3S/c1-3-20(18(21)19-10-17-13(2)8-9-24-17)11-14-12-22-15-6-4-5-7-16(15)23-14/h4-9,14H,3,10-12H2,1-2H3,(H,19,21)/t14-/m0/s1. The van der Waals surface area contributed by atoms with Gasteiger partial charge in [0.05, 0.1) is 13.1 Å². The molecule has 1 aromatic carbocycles. The fourth-order valence-electron chi connectivity index (χ4n) is 2.61. The van der Waals surface area contributed by atoms with Gasteiger partial charge in [0.1, 0.15) is 6.61 Å². The summed E-state index contributed by atoms with van der Waals surface area (Å²) < 4.78 is 11.7. The summed E-state index contributed by atoms with van der Waals surface area (Å²) in [5, 5.41) is 5.03. The van der Waals surface area contributed by atoms with Gasteiger partial charge in [0.25, 0.3) is 0 Å². The third-order valence-corrected chi connectivity index (χ3v) is 5.05. The first-order valence-corrected chi connectivity index (χ1v) is 8.99. The zero-order valence-electron chi connectivity index (χ0n) is 14.0. The Bertz CT molecular complexity index is 701. The molecule has 2 aromatic rings. The molecule has 2 amide bonds. The second-order valence-electron chi connectivity index (χ2n) is 5.72. The van der Waals surface area contributed by atoms with Crippen molar-refractivity contribution in [1.82, 2.24) is 10.2 Å². The van der Waals surface area contributed by atoms with E-state index < -0.39 is 0 Å². The highest BCUT2D eigenvalue weighted by molar-refractivity contribution is 7.10. The van der Waals surface area contributed by atoms with Gasteiger partial charge in [0.15, 0.2) is 17.6 Å². The number of fused-ring (bicyclic) bond motifs is 1. The maximum atomic E-state index is 12.4. The van der Waals surface area contributed by atoms with E-state index in [-0.39, 0.29) is 12.1 Å². The number of hydrogen-bond acceptors (Lipinski definition) is 4. The summed E-state index contributed by atoms with van der Waals surface area (Å²) in [6.45, 7) is 6.15. The zero-order valence-corrected chi connectivity index (χ0v) is 14.8. The maximum absolute atomic E-state index is 12.4. The Morgan fingerprint density at radius 3 is 2.83 bits per heavy atom. The van der Waals surface area contributed by atoms with Gasteiger partial charge in [-0.1, -0.05) is 12.1 Å². The van der Waals surface area contributed by atoms with Crippen molar-refractivity contribution >= 4 is 17.4 Å². The lowest BCUT2D eigenvalue weighted by atomic mass is 10.2. The summed E-state index contributed by atoms with van der Waals surface area (Å²) in [5.74, 6) is 1.49. The number of aryl methyl sites for hydroxylation is 1. The van der Waals surface area contributed by atoms with Crippen molar-refractivity contribution in [1.29, 1.82) is 0 Å². The zero-order chi connectivity index (χ0) is 16.9. The molecule has 1 aromatic heterocycles. The monoisotopic (exact) mass is 346 g/mol. The van der Waals surface area contributed by atoms with Crippen LogP contribution in [0.25, 0.3) is 0 Å². The van der Waals surface area contributed by atoms with E-state index in [1.807, 2.05) is 36.6 Å². The minimum atomic E-state index is -0.158. The van der Waals surface area contributed by atoms with Gasteiger partial charge >= 0.3 is 6.03 Å². The highest BCUT2D eigenvalue weighted by Crippen LogP contribution is 2.31. The summed E-state index contributed by atoms with van der Waals surface area (Å²) in [7, 11) is 0. The average molecular weight is 346 g/mol. The largest absolute Gasteiger partial charge is 0.486 e. The number of rotatable bonds is 5. The van der Waals surface area contributed by atoms with Gasteiger partial charge in [-0.25, -0.2) is 4.79 Å². The molecule has 0 unspecified atom stereocenters. The Hall–Kier alpha value is -2.21. The lowest BCUT2D eigenvalue weighted by molar-refractivity contribution is 0.0675. The number of likely N-dealkylation sites (N-methyl/N-ethyl adjacent to an activating group) is 1. The molecule has 0 bridgehead atoms. The Kier molecular flexibility index (Phi) is 5.25. The molecule has 0 fully saturated rings. The van der Waals surface area contributed by atoms with Crippen LogP contribution in [0.3, 0.4) is 0 Å². The summed E-state index contributed by atoms with van der Waals surface area (Å²) in [6.07, 6.45) is -0.158. The Balaban J connectivity index is 1.55. The van der Waals surface area contributed by atoms with Gasteiger partial charge < -0.3 is 19.7 Å². The Labute approximate surface area is 146 Å². The van der Waals surface area contributed by atoms with Crippen LogP contribution in [0.15, 0.2) is 35.7 Å². The van der Waals surface area contributed by atoms with E-state index in [2.05, 4.69) is 18.3 Å². The molecule has 0 saturated heterocycles. The van der Waals surface area contributed by atoms with E-state index in [9.17, 15) is 4.79 Å². The van der Waals surface area contributed by atoms with E-state index in [1.165, 1.54) is 10.4 Å². The first-order valence-electron chi connectivity index (χ1n) is 8.11. The highest BCUT2D eigenvalue weighted by atomic mass is 32.1. The number of carbonyl (C=O) groups excluding carboxylic acids is 1. The summed E-state index contributed by atoms with van der Waals surface area (Å²) in [4.78, 5) is 15.4. The third-order valence-electron chi connectivity index (χ3n) is 4.03. The molecule has 1 aliphatic rings. The van der Waals surface area contributed by atoms with Crippen LogP contribution >= 0.6 is 11.3 Å². The Morgan fingerprint density at radius 2 is 2.12 bits per heavy atom. The van der Waals surface area contributed by atoms with Gasteiger partial charge in [0, 0.05) is 11.4 Å². The number of nitrogens with zero attached hydrogens (tertiary/aromatic N) is 1. The third kappa shape index (κ3) is 3.82. The molecule has 0 spiro atoms. The fraction of sp³-hybridized carbons (Fsp3) is 0.389. The first kappa shape index (κ1) is 16.6. The second-order valence-corrected chi connectivity index (χ2v) is 6.72. The summed E-state index contributed by atoms with van der Waals surface area (Å²) >= 11 is 1.66. The van der Waals surface area contributed by atoms with Gasteiger partial charge in [-0.05, 0) is 43.0 Å².